The molecule has 2 rings (SSSR count). The molecule has 1 aliphatic heterocycles. The second kappa shape index (κ2) is 4.84. The van der Waals surface area contributed by atoms with Gasteiger partial charge in [0.1, 0.15) is 12.1 Å². The molecule has 14 heavy (non-hydrogen) atoms. The summed E-state index contributed by atoms with van der Waals surface area (Å²) < 4.78 is 0. The zero-order chi connectivity index (χ0) is 9.80. The van der Waals surface area contributed by atoms with Crippen LogP contribution >= 0.6 is 23.4 Å². The molecule has 5 heteroatoms. The number of halogens is 1. The lowest BCUT2D eigenvalue weighted by Crippen LogP contribution is -2.44. The summed E-state index contributed by atoms with van der Waals surface area (Å²) in [5.74, 6) is 3.90. The SMILES string of the molecule is ClCC1CSCCN1c1ccncn1. The predicted molar refractivity (Wildman–Crippen MR) is 61.2 cm³/mol. The summed E-state index contributed by atoms with van der Waals surface area (Å²) in [5, 5.41) is 0. The molecule has 0 amide bonds. The molecule has 1 saturated heterocycles. The summed E-state index contributed by atoms with van der Waals surface area (Å²) in [5.41, 5.74) is 0. The van der Waals surface area contributed by atoms with E-state index in [1.807, 2.05) is 17.8 Å². The van der Waals surface area contributed by atoms with Crippen LogP contribution in [0.5, 0.6) is 0 Å². The van der Waals surface area contributed by atoms with Gasteiger partial charge in [-0.1, -0.05) is 0 Å². The second-order valence-corrected chi connectivity index (χ2v) is 4.60. The first kappa shape index (κ1) is 10.1. The molecule has 2 heterocycles. The Hall–Kier alpha value is -0.480. The van der Waals surface area contributed by atoms with Crippen LogP contribution in [0.3, 0.4) is 0 Å². The average molecular weight is 230 g/mol. The van der Waals surface area contributed by atoms with Gasteiger partial charge >= 0.3 is 0 Å². The fourth-order valence-corrected chi connectivity index (χ4v) is 3.01. The molecule has 3 nitrogen and oxygen atoms in total. The van der Waals surface area contributed by atoms with Gasteiger partial charge in [-0.3, -0.25) is 0 Å². The minimum atomic E-state index is 0.408. The van der Waals surface area contributed by atoms with E-state index in [0.29, 0.717) is 11.9 Å². The summed E-state index contributed by atoms with van der Waals surface area (Å²) in [7, 11) is 0. The maximum absolute atomic E-state index is 5.93. The Morgan fingerprint density at radius 1 is 1.64 bits per heavy atom. The minimum Gasteiger partial charge on any atom is -0.351 e. The van der Waals surface area contributed by atoms with Crippen molar-refractivity contribution in [2.75, 3.05) is 28.8 Å². The molecule has 0 spiro atoms. The number of rotatable bonds is 2. The quantitative estimate of drug-likeness (QED) is 0.721. The van der Waals surface area contributed by atoms with Gasteiger partial charge < -0.3 is 4.90 Å². The van der Waals surface area contributed by atoms with E-state index in [0.717, 1.165) is 23.9 Å². The standard InChI is InChI=1S/C9H12ClN3S/c10-5-8-6-14-4-3-13(8)9-1-2-11-7-12-9/h1-2,7-8H,3-6H2. The van der Waals surface area contributed by atoms with Crippen molar-refractivity contribution in [3.63, 3.8) is 0 Å². The highest BCUT2D eigenvalue weighted by molar-refractivity contribution is 7.99. The van der Waals surface area contributed by atoms with Gasteiger partial charge in [-0.05, 0) is 6.07 Å². The van der Waals surface area contributed by atoms with Crippen LogP contribution in [-0.4, -0.2) is 39.9 Å². The van der Waals surface area contributed by atoms with Crippen LogP contribution in [0, 0.1) is 0 Å². The van der Waals surface area contributed by atoms with Gasteiger partial charge in [0.05, 0.1) is 6.04 Å². The van der Waals surface area contributed by atoms with Gasteiger partial charge in [-0.15, -0.1) is 11.6 Å². The lowest BCUT2D eigenvalue weighted by atomic mass is 10.3. The highest BCUT2D eigenvalue weighted by Gasteiger charge is 2.22. The van der Waals surface area contributed by atoms with E-state index in [9.17, 15) is 0 Å². The number of alkyl halides is 1. The molecule has 0 radical (unpaired) electrons. The van der Waals surface area contributed by atoms with Gasteiger partial charge in [0, 0.05) is 30.1 Å². The summed E-state index contributed by atoms with van der Waals surface area (Å²) in [6, 6.07) is 2.35. The number of anilines is 1. The summed E-state index contributed by atoms with van der Waals surface area (Å²) in [4.78, 5) is 10.4. The van der Waals surface area contributed by atoms with Gasteiger partial charge in [0.25, 0.3) is 0 Å². The number of hydrogen-bond acceptors (Lipinski definition) is 4. The van der Waals surface area contributed by atoms with Crippen molar-refractivity contribution in [1.29, 1.82) is 0 Å². The second-order valence-electron chi connectivity index (χ2n) is 3.14. The Kier molecular flexibility index (Phi) is 3.48. The Morgan fingerprint density at radius 3 is 3.29 bits per heavy atom. The van der Waals surface area contributed by atoms with Crippen molar-refractivity contribution in [3.05, 3.63) is 18.6 Å². The van der Waals surface area contributed by atoms with Crippen LogP contribution in [0.1, 0.15) is 0 Å². The van der Waals surface area contributed by atoms with Crippen LogP contribution in [0.25, 0.3) is 0 Å². The van der Waals surface area contributed by atoms with Gasteiger partial charge in [0.2, 0.25) is 0 Å². The van der Waals surface area contributed by atoms with Crippen molar-refractivity contribution in [2.24, 2.45) is 0 Å². The van der Waals surface area contributed by atoms with Crippen molar-refractivity contribution in [1.82, 2.24) is 9.97 Å². The van der Waals surface area contributed by atoms with E-state index < -0.39 is 0 Å². The Balaban J connectivity index is 2.15. The summed E-state index contributed by atoms with van der Waals surface area (Å²) in [6.07, 6.45) is 3.36. The number of thioether (sulfide) groups is 1. The van der Waals surface area contributed by atoms with Crippen molar-refractivity contribution in [2.45, 2.75) is 6.04 Å². The molecule has 76 valence electrons. The molecular formula is C9H12ClN3S. The third kappa shape index (κ3) is 2.12. The Morgan fingerprint density at radius 2 is 2.57 bits per heavy atom. The fraction of sp³-hybridized carbons (Fsp3) is 0.556. The van der Waals surface area contributed by atoms with E-state index in [2.05, 4.69) is 14.9 Å². The maximum Gasteiger partial charge on any atom is 0.132 e. The van der Waals surface area contributed by atoms with Crippen molar-refractivity contribution in [3.8, 4) is 0 Å². The molecular weight excluding hydrogens is 218 g/mol. The van der Waals surface area contributed by atoms with Crippen molar-refractivity contribution < 1.29 is 0 Å². The highest BCUT2D eigenvalue weighted by Crippen LogP contribution is 2.22. The monoisotopic (exact) mass is 229 g/mol. The molecule has 0 aliphatic carbocycles. The first-order chi connectivity index (χ1) is 6.92. The molecule has 0 N–H and O–H groups in total. The van der Waals surface area contributed by atoms with Crippen molar-refractivity contribution >= 4 is 29.2 Å². The van der Waals surface area contributed by atoms with Gasteiger partial charge in [-0.2, -0.15) is 11.8 Å². The van der Waals surface area contributed by atoms with Crippen LogP contribution in [0.15, 0.2) is 18.6 Å². The van der Waals surface area contributed by atoms with Gasteiger partial charge in [0.15, 0.2) is 0 Å². The first-order valence-electron chi connectivity index (χ1n) is 4.58. The largest absolute Gasteiger partial charge is 0.351 e. The number of hydrogen-bond donors (Lipinski definition) is 0. The number of aromatic nitrogens is 2. The lowest BCUT2D eigenvalue weighted by Gasteiger charge is -2.34. The normalized spacial score (nSPS) is 22.4. The highest BCUT2D eigenvalue weighted by atomic mass is 35.5. The number of nitrogens with zero attached hydrogens (tertiary/aromatic N) is 3. The van der Waals surface area contributed by atoms with Gasteiger partial charge in [-0.25, -0.2) is 9.97 Å². The van der Waals surface area contributed by atoms with E-state index in [1.54, 1.807) is 12.5 Å². The van der Waals surface area contributed by atoms with E-state index >= 15 is 0 Å². The summed E-state index contributed by atoms with van der Waals surface area (Å²) >= 11 is 7.88. The molecule has 0 bridgehead atoms. The zero-order valence-corrected chi connectivity index (χ0v) is 9.34. The van der Waals surface area contributed by atoms with E-state index in [1.165, 1.54) is 0 Å². The fourth-order valence-electron chi connectivity index (χ4n) is 1.54. The third-order valence-electron chi connectivity index (χ3n) is 2.27. The molecule has 1 aromatic heterocycles. The molecule has 0 saturated carbocycles. The maximum atomic E-state index is 5.93. The molecule has 1 fully saturated rings. The first-order valence-corrected chi connectivity index (χ1v) is 6.27. The molecule has 1 aliphatic rings. The van der Waals surface area contributed by atoms with Crippen LogP contribution < -0.4 is 4.90 Å². The molecule has 1 atom stereocenters. The van der Waals surface area contributed by atoms with Crippen LogP contribution in [0.4, 0.5) is 5.82 Å². The minimum absolute atomic E-state index is 0.408. The molecule has 1 aromatic rings. The lowest BCUT2D eigenvalue weighted by molar-refractivity contribution is 0.693. The zero-order valence-electron chi connectivity index (χ0n) is 7.77. The average Bonchev–Trinajstić information content (AvgIpc) is 2.30. The molecule has 1 unspecified atom stereocenters. The van der Waals surface area contributed by atoms with Crippen LogP contribution in [-0.2, 0) is 0 Å². The summed E-state index contributed by atoms with van der Waals surface area (Å²) in [6.45, 7) is 1.03. The smallest absolute Gasteiger partial charge is 0.132 e. The Bertz CT molecular complexity index is 283. The predicted octanol–water partition coefficient (Wildman–Crippen LogP) is 1.64. The van der Waals surface area contributed by atoms with Crippen LogP contribution in [0.2, 0.25) is 0 Å². The molecule has 0 aromatic carbocycles. The van der Waals surface area contributed by atoms with E-state index in [4.69, 9.17) is 11.6 Å². The Labute approximate surface area is 92.9 Å². The third-order valence-corrected chi connectivity index (χ3v) is 3.71. The van der Waals surface area contributed by atoms with E-state index in [-0.39, 0.29) is 0 Å². The topological polar surface area (TPSA) is 29.0 Å².